The molecule has 0 unspecified atom stereocenters. The van der Waals surface area contributed by atoms with Gasteiger partial charge in [-0.05, 0) is 36.9 Å². The number of nitrogens with one attached hydrogen (secondary N) is 1. The first-order valence-electron chi connectivity index (χ1n) is 5.65. The Labute approximate surface area is 108 Å². The highest BCUT2D eigenvalue weighted by atomic mass is 19.1. The van der Waals surface area contributed by atoms with Crippen molar-refractivity contribution in [1.82, 2.24) is 5.32 Å². The van der Waals surface area contributed by atoms with Gasteiger partial charge >= 0.3 is 0 Å². The Morgan fingerprint density at radius 2 is 1.79 bits per heavy atom. The SMILES string of the molecule is CNCc1cc(F)cc(Oc2cc(F)ccc2F)c1. The molecule has 0 radical (unpaired) electrons. The van der Waals surface area contributed by atoms with Gasteiger partial charge in [0.05, 0.1) is 0 Å². The minimum absolute atomic E-state index is 0.120. The minimum atomic E-state index is -0.708. The third kappa shape index (κ3) is 3.48. The molecular formula is C14H12F3NO. The van der Waals surface area contributed by atoms with Crippen LogP contribution in [0.4, 0.5) is 13.2 Å². The van der Waals surface area contributed by atoms with Crippen LogP contribution in [0, 0.1) is 17.5 Å². The van der Waals surface area contributed by atoms with Crippen molar-refractivity contribution in [2.45, 2.75) is 6.54 Å². The second-order valence-corrected chi connectivity index (χ2v) is 4.00. The third-order valence-electron chi connectivity index (χ3n) is 2.43. The van der Waals surface area contributed by atoms with E-state index in [0.29, 0.717) is 12.1 Å². The van der Waals surface area contributed by atoms with E-state index in [0.717, 1.165) is 24.3 Å². The largest absolute Gasteiger partial charge is 0.454 e. The summed E-state index contributed by atoms with van der Waals surface area (Å²) < 4.78 is 44.9. The van der Waals surface area contributed by atoms with Crippen LogP contribution in [0.3, 0.4) is 0 Å². The molecule has 0 spiro atoms. The summed E-state index contributed by atoms with van der Waals surface area (Å²) in [5.74, 6) is -1.99. The average molecular weight is 267 g/mol. The van der Waals surface area contributed by atoms with Gasteiger partial charge in [0, 0.05) is 18.7 Å². The molecule has 5 heteroatoms. The second kappa shape index (κ2) is 5.75. The van der Waals surface area contributed by atoms with Crippen molar-refractivity contribution in [3.63, 3.8) is 0 Å². The highest BCUT2D eigenvalue weighted by Crippen LogP contribution is 2.26. The number of hydrogen-bond acceptors (Lipinski definition) is 2. The molecule has 0 aliphatic rings. The number of hydrogen-bond donors (Lipinski definition) is 1. The number of benzene rings is 2. The van der Waals surface area contributed by atoms with Crippen molar-refractivity contribution < 1.29 is 17.9 Å². The molecule has 0 aliphatic carbocycles. The van der Waals surface area contributed by atoms with E-state index in [1.807, 2.05) is 0 Å². The van der Waals surface area contributed by atoms with Crippen LogP contribution in [-0.4, -0.2) is 7.05 Å². The molecule has 2 nitrogen and oxygen atoms in total. The van der Waals surface area contributed by atoms with Crippen molar-refractivity contribution in [3.8, 4) is 11.5 Å². The average Bonchev–Trinajstić information content (AvgIpc) is 2.33. The highest BCUT2D eigenvalue weighted by molar-refractivity contribution is 5.35. The summed E-state index contributed by atoms with van der Waals surface area (Å²) >= 11 is 0. The maximum Gasteiger partial charge on any atom is 0.165 e. The van der Waals surface area contributed by atoms with Crippen LogP contribution in [0.2, 0.25) is 0 Å². The molecule has 0 bridgehead atoms. The van der Waals surface area contributed by atoms with E-state index in [4.69, 9.17) is 4.74 Å². The van der Waals surface area contributed by atoms with Crippen LogP contribution < -0.4 is 10.1 Å². The fourth-order valence-electron chi connectivity index (χ4n) is 1.67. The van der Waals surface area contributed by atoms with Gasteiger partial charge in [-0.2, -0.15) is 0 Å². The van der Waals surface area contributed by atoms with Gasteiger partial charge in [0.2, 0.25) is 0 Å². The van der Waals surface area contributed by atoms with Crippen molar-refractivity contribution in [1.29, 1.82) is 0 Å². The lowest BCUT2D eigenvalue weighted by atomic mass is 10.2. The molecular weight excluding hydrogens is 255 g/mol. The summed E-state index contributed by atoms with van der Waals surface area (Å²) in [7, 11) is 1.72. The molecule has 19 heavy (non-hydrogen) atoms. The van der Waals surface area contributed by atoms with Crippen LogP contribution in [0.1, 0.15) is 5.56 Å². The van der Waals surface area contributed by atoms with E-state index < -0.39 is 17.5 Å². The number of ether oxygens (including phenoxy) is 1. The highest BCUT2D eigenvalue weighted by Gasteiger charge is 2.08. The number of rotatable bonds is 4. The van der Waals surface area contributed by atoms with Crippen molar-refractivity contribution in [2.75, 3.05) is 7.05 Å². The Bertz CT molecular complexity index is 587. The van der Waals surface area contributed by atoms with E-state index in [-0.39, 0.29) is 11.5 Å². The zero-order chi connectivity index (χ0) is 13.8. The van der Waals surface area contributed by atoms with Gasteiger partial charge in [0.25, 0.3) is 0 Å². The molecule has 0 heterocycles. The predicted octanol–water partition coefficient (Wildman–Crippen LogP) is 3.62. The van der Waals surface area contributed by atoms with E-state index >= 15 is 0 Å². The van der Waals surface area contributed by atoms with E-state index in [1.165, 1.54) is 6.07 Å². The summed E-state index contributed by atoms with van der Waals surface area (Å²) in [5.41, 5.74) is 0.648. The quantitative estimate of drug-likeness (QED) is 0.913. The minimum Gasteiger partial charge on any atom is -0.454 e. The molecule has 0 saturated heterocycles. The van der Waals surface area contributed by atoms with Gasteiger partial charge in [-0.1, -0.05) is 0 Å². The maximum atomic E-state index is 13.4. The number of halogens is 3. The van der Waals surface area contributed by atoms with Gasteiger partial charge in [-0.25, -0.2) is 13.2 Å². The normalized spacial score (nSPS) is 10.5. The Morgan fingerprint density at radius 3 is 2.53 bits per heavy atom. The van der Waals surface area contributed by atoms with Crippen LogP contribution in [0.15, 0.2) is 36.4 Å². The summed E-state index contributed by atoms with van der Waals surface area (Å²) in [6.07, 6.45) is 0. The first-order valence-corrected chi connectivity index (χ1v) is 5.65. The molecule has 0 aromatic heterocycles. The standard InChI is InChI=1S/C14H12F3NO/c1-18-8-9-4-11(16)6-12(5-9)19-14-7-10(15)2-3-13(14)17/h2-7,18H,8H2,1H3. The van der Waals surface area contributed by atoms with E-state index in [9.17, 15) is 13.2 Å². The molecule has 1 N–H and O–H groups in total. The molecule has 0 atom stereocenters. The van der Waals surface area contributed by atoms with Gasteiger partial charge < -0.3 is 10.1 Å². The third-order valence-corrected chi connectivity index (χ3v) is 2.43. The van der Waals surface area contributed by atoms with Crippen molar-refractivity contribution in [2.24, 2.45) is 0 Å². The molecule has 100 valence electrons. The van der Waals surface area contributed by atoms with Crippen molar-refractivity contribution in [3.05, 3.63) is 59.4 Å². The van der Waals surface area contributed by atoms with Crippen LogP contribution in [0.25, 0.3) is 0 Å². The van der Waals surface area contributed by atoms with E-state index in [1.54, 1.807) is 13.1 Å². The smallest absolute Gasteiger partial charge is 0.165 e. The molecule has 2 aromatic rings. The Morgan fingerprint density at radius 1 is 1.00 bits per heavy atom. The fourth-order valence-corrected chi connectivity index (χ4v) is 1.67. The maximum absolute atomic E-state index is 13.4. The van der Waals surface area contributed by atoms with Crippen LogP contribution in [0.5, 0.6) is 11.5 Å². The lowest BCUT2D eigenvalue weighted by molar-refractivity contribution is 0.432. The fraction of sp³-hybridized carbons (Fsp3) is 0.143. The summed E-state index contributed by atoms with van der Waals surface area (Å²) in [5, 5.41) is 2.87. The lowest BCUT2D eigenvalue weighted by Crippen LogP contribution is -2.05. The van der Waals surface area contributed by atoms with Gasteiger partial charge in [-0.15, -0.1) is 0 Å². The van der Waals surface area contributed by atoms with Gasteiger partial charge in [0.1, 0.15) is 17.4 Å². The predicted molar refractivity (Wildman–Crippen MR) is 65.6 cm³/mol. The first kappa shape index (κ1) is 13.4. The molecule has 0 fully saturated rings. The second-order valence-electron chi connectivity index (χ2n) is 4.00. The summed E-state index contributed by atoms with van der Waals surface area (Å²) in [4.78, 5) is 0. The van der Waals surface area contributed by atoms with E-state index in [2.05, 4.69) is 5.32 Å². The van der Waals surface area contributed by atoms with Crippen LogP contribution in [-0.2, 0) is 6.54 Å². The summed E-state index contributed by atoms with van der Waals surface area (Å²) in [6.45, 7) is 0.444. The van der Waals surface area contributed by atoms with Crippen molar-refractivity contribution >= 4 is 0 Å². The molecule has 2 rings (SSSR count). The Hall–Kier alpha value is -2.01. The molecule has 0 saturated carbocycles. The molecule has 0 amide bonds. The van der Waals surface area contributed by atoms with Crippen LogP contribution >= 0.6 is 0 Å². The Balaban J connectivity index is 2.29. The van der Waals surface area contributed by atoms with Gasteiger partial charge in [-0.3, -0.25) is 0 Å². The summed E-state index contributed by atoms with van der Waals surface area (Å²) in [6, 6.07) is 6.87. The molecule has 2 aromatic carbocycles. The monoisotopic (exact) mass is 267 g/mol. The van der Waals surface area contributed by atoms with Gasteiger partial charge in [0.15, 0.2) is 11.6 Å². The topological polar surface area (TPSA) is 21.3 Å². The Kier molecular flexibility index (Phi) is 4.06. The molecule has 0 aliphatic heterocycles. The zero-order valence-electron chi connectivity index (χ0n) is 10.2. The zero-order valence-corrected chi connectivity index (χ0v) is 10.2. The first-order chi connectivity index (χ1) is 9.08. The lowest BCUT2D eigenvalue weighted by Gasteiger charge is -2.09.